The third-order valence-corrected chi connectivity index (χ3v) is 12.4. The minimum atomic E-state index is -2.24. The zero-order valence-corrected chi connectivity index (χ0v) is 35.0. The zero-order valence-electron chi connectivity index (χ0n) is 35.0. The molecule has 1 unspecified atom stereocenters. The molecule has 0 aromatic carbocycles. The number of hydrogen-bond donors (Lipinski definition) is 20. The largest absolute Gasteiger partial charge is 0.394 e. The highest BCUT2D eigenvalue weighted by molar-refractivity contribution is 4.98. The van der Waals surface area contributed by atoms with Gasteiger partial charge in [0.05, 0.1) is 39.6 Å². The molecule has 6 saturated heterocycles. The van der Waals surface area contributed by atoms with E-state index in [1.165, 1.54) is 0 Å². The molecule has 0 bridgehead atoms. The van der Waals surface area contributed by atoms with Crippen molar-refractivity contribution in [1.29, 1.82) is 0 Å². The van der Waals surface area contributed by atoms with Crippen LogP contribution >= 0.6 is 0 Å². The van der Waals surface area contributed by atoms with E-state index in [-0.39, 0.29) is 0 Å². The Bertz CT molecular complexity index is 1500. The molecule has 31 nitrogen and oxygen atoms in total. The van der Waals surface area contributed by atoms with E-state index in [0.29, 0.717) is 0 Å². The second-order valence-corrected chi connectivity index (χ2v) is 16.8. The summed E-state index contributed by atoms with van der Waals surface area (Å²) < 4.78 is 60.8. The monoisotopic (exact) mass is 990 g/mol. The number of ether oxygens (including phenoxy) is 11. The molecule has 67 heavy (non-hydrogen) atoms. The lowest BCUT2D eigenvalue weighted by Crippen LogP contribution is -2.67. The molecular formula is C36H62O31. The number of rotatable bonds is 16. The van der Waals surface area contributed by atoms with Crippen molar-refractivity contribution >= 4 is 0 Å². The van der Waals surface area contributed by atoms with Crippen LogP contribution in [0.4, 0.5) is 0 Å². The molecule has 20 N–H and O–H groups in total. The van der Waals surface area contributed by atoms with Crippen molar-refractivity contribution in [1.82, 2.24) is 0 Å². The van der Waals surface area contributed by atoms with E-state index in [1.54, 1.807) is 0 Å². The lowest BCUT2D eigenvalue weighted by atomic mass is 9.96. The normalized spacial score (nSPS) is 53.4. The fourth-order valence-electron chi connectivity index (χ4n) is 8.27. The third-order valence-electron chi connectivity index (χ3n) is 12.4. The summed E-state index contributed by atoms with van der Waals surface area (Å²) in [6.45, 7) is -5.36. The Kier molecular flexibility index (Phi) is 19.4. The molecule has 0 amide bonds. The van der Waals surface area contributed by atoms with E-state index in [0.717, 1.165) is 0 Å². The van der Waals surface area contributed by atoms with Crippen LogP contribution in [0.15, 0.2) is 0 Å². The van der Waals surface area contributed by atoms with Crippen LogP contribution in [0.5, 0.6) is 0 Å². The maximum absolute atomic E-state index is 11.5. The fraction of sp³-hybridized carbons (Fsp3) is 1.00. The van der Waals surface area contributed by atoms with Gasteiger partial charge < -0.3 is 154 Å². The molecule has 392 valence electrons. The summed E-state index contributed by atoms with van der Waals surface area (Å²) in [7, 11) is 0. The molecule has 0 saturated carbocycles. The van der Waals surface area contributed by atoms with Gasteiger partial charge in [-0.2, -0.15) is 0 Å². The predicted molar refractivity (Wildman–Crippen MR) is 199 cm³/mol. The molecule has 0 aromatic heterocycles. The van der Waals surface area contributed by atoms with Gasteiger partial charge in [0.15, 0.2) is 37.7 Å². The standard InChI is InChI=1S/C36H62O31/c37-1-7-13(41)19(47)23(51)32(60-7)57-6-12-18(46)29(65-34-24(52)20(48)14(42)8(2-38)61-34)27(55)33(64-12)58-5-11-17(45)28(26(54)31(56)59-11)66-36-30(22(50)16(44)10(4-40)63-36)67-35-25(53)21(49)15(43)9(3-39)62-35/h7-56H,1-6H2/t7-,8-,9-,10-,11-,12-,13-,14-,15-,16-,17-,18-,19+,20+,21+,22+,23+,24+,25+,26+,27+,28+,29+,30+,31?,32+,33+,34-,35-,36-/m1/s1. The van der Waals surface area contributed by atoms with Gasteiger partial charge in [0.1, 0.15) is 146 Å². The van der Waals surface area contributed by atoms with Crippen molar-refractivity contribution in [2.75, 3.05) is 39.6 Å². The Morgan fingerprint density at radius 2 is 0.567 bits per heavy atom. The van der Waals surface area contributed by atoms with Gasteiger partial charge in [-0.15, -0.1) is 0 Å². The van der Waals surface area contributed by atoms with Crippen LogP contribution in [-0.2, 0) is 52.1 Å². The van der Waals surface area contributed by atoms with Crippen molar-refractivity contribution < 1.29 is 154 Å². The van der Waals surface area contributed by atoms with Crippen LogP contribution in [-0.4, -0.2) is 326 Å². The van der Waals surface area contributed by atoms with Crippen molar-refractivity contribution in [3.05, 3.63) is 0 Å². The molecule has 0 aliphatic carbocycles. The lowest BCUT2D eigenvalue weighted by molar-refractivity contribution is -0.390. The molecule has 6 rings (SSSR count). The molecule has 6 aliphatic heterocycles. The Morgan fingerprint density at radius 1 is 0.254 bits per heavy atom. The Hall–Kier alpha value is -1.24. The van der Waals surface area contributed by atoms with E-state index >= 15 is 0 Å². The first-order chi connectivity index (χ1) is 31.7. The first-order valence-electron chi connectivity index (χ1n) is 21.1. The summed E-state index contributed by atoms with van der Waals surface area (Å²) in [4.78, 5) is 0. The fourth-order valence-corrected chi connectivity index (χ4v) is 8.27. The van der Waals surface area contributed by atoms with Gasteiger partial charge in [0.2, 0.25) is 0 Å². The van der Waals surface area contributed by atoms with Crippen molar-refractivity contribution in [3.63, 3.8) is 0 Å². The topological polar surface area (TPSA) is 506 Å². The molecule has 0 radical (unpaired) electrons. The molecule has 0 aromatic rings. The Labute approximate surface area is 378 Å². The maximum atomic E-state index is 11.5. The summed E-state index contributed by atoms with van der Waals surface area (Å²) in [5, 5.41) is 210. The quantitative estimate of drug-likeness (QED) is 0.0683. The molecule has 6 heterocycles. The smallest absolute Gasteiger partial charge is 0.187 e. The summed E-state index contributed by atoms with van der Waals surface area (Å²) >= 11 is 0. The first-order valence-corrected chi connectivity index (χ1v) is 21.1. The number of hydrogen-bond acceptors (Lipinski definition) is 31. The molecule has 0 spiro atoms. The van der Waals surface area contributed by atoms with Crippen LogP contribution in [0.25, 0.3) is 0 Å². The molecular weight excluding hydrogens is 928 g/mol. The number of aliphatic hydroxyl groups is 20. The van der Waals surface area contributed by atoms with Gasteiger partial charge in [0, 0.05) is 0 Å². The van der Waals surface area contributed by atoms with E-state index < -0.39 is 224 Å². The predicted octanol–water partition coefficient (Wildman–Crippen LogP) is -14.1. The minimum Gasteiger partial charge on any atom is -0.394 e. The average Bonchev–Trinajstić information content (AvgIpc) is 3.31. The van der Waals surface area contributed by atoms with Crippen molar-refractivity contribution in [3.8, 4) is 0 Å². The second kappa shape index (κ2) is 23.5. The lowest BCUT2D eigenvalue weighted by Gasteiger charge is -2.48. The highest BCUT2D eigenvalue weighted by Crippen LogP contribution is 2.35. The van der Waals surface area contributed by atoms with Gasteiger partial charge in [-0.05, 0) is 0 Å². The molecule has 6 aliphatic rings. The highest BCUT2D eigenvalue weighted by atomic mass is 16.8. The van der Waals surface area contributed by atoms with Crippen LogP contribution < -0.4 is 0 Å². The number of aliphatic hydroxyl groups excluding tert-OH is 20. The highest BCUT2D eigenvalue weighted by Gasteiger charge is 2.56. The van der Waals surface area contributed by atoms with E-state index in [2.05, 4.69) is 0 Å². The van der Waals surface area contributed by atoms with E-state index in [9.17, 15) is 102 Å². The van der Waals surface area contributed by atoms with Crippen molar-refractivity contribution in [2.45, 2.75) is 184 Å². The molecule has 6 fully saturated rings. The average molecular weight is 991 g/mol. The summed E-state index contributed by atoms with van der Waals surface area (Å²) in [6, 6.07) is 0. The zero-order chi connectivity index (χ0) is 49.3. The van der Waals surface area contributed by atoms with E-state index in [4.69, 9.17) is 52.1 Å². The third kappa shape index (κ3) is 11.5. The van der Waals surface area contributed by atoms with Crippen LogP contribution in [0.1, 0.15) is 0 Å². The minimum absolute atomic E-state index is 0.836. The maximum Gasteiger partial charge on any atom is 0.187 e. The first kappa shape index (κ1) is 55.1. The van der Waals surface area contributed by atoms with Crippen LogP contribution in [0.3, 0.4) is 0 Å². The molecule has 30 atom stereocenters. The summed E-state index contributed by atoms with van der Waals surface area (Å²) in [5.74, 6) is 0. The second-order valence-electron chi connectivity index (χ2n) is 16.8. The van der Waals surface area contributed by atoms with Crippen LogP contribution in [0, 0.1) is 0 Å². The van der Waals surface area contributed by atoms with Gasteiger partial charge in [-0.3, -0.25) is 0 Å². The molecule has 31 heteroatoms. The van der Waals surface area contributed by atoms with Gasteiger partial charge >= 0.3 is 0 Å². The summed E-state index contributed by atoms with van der Waals surface area (Å²) in [6.07, 6.45) is -57.5. The van der Waals surface area contributed by atoms with E-state index in [1.807, 2.05) is 0 Å². The summed E-state index contributed by atoms with van der Waals surface area (Å²) in [5.41, 5.74) is 0. The Balaban J connectivity index is 1.19. The van der Waals surface area contributed by atoms with Gasteiger partial charge in [-0.1, -0.05) is 0 Å². The van der Waals surface area contributed by atoms with Crippen LogP contribution in [0.2, 0.25) is 0 Å². The van der Waals surface area contributed by atoms with Gasteiger partial charge in [0.25, 0.3) is 0 Å². The van der Waals surface area contributed by atoms with Gasteiger partial charge in [-0.25, -0.2) is 0 Å². The SMILES string of the molecule is OC[C@H]1O[C@H](OC[C@H]2O[C@H](OC[C@H]3OC(O)[C@@H](O)[C@@H](O[C@H]4O[C@H](CO)[C@@H](O)[C@H](O)[C@@H]4O[C@H]4O[C@H](CO)[C@@H](O)[C@H](O)[C@@H]4O)[C@@H]3O)[C@@H](O)[C@@H](O[C@H]3O[C@H](CO)[C@@H](O)[C@H](O)[C@@H]3O)[C@@H]2O)[C@@H](O)[C@@H](O)[C@@H]1O. The van der Waals surface area contributed by atoms with Crippen molar-refractivity contribution in [2.24, 2.45) is 0 Å². The Morgan fingerprint density at radius 3 is 1.01 bits per heavy atom.